The minimum absolute atomic E-state index is 0.0226. The molecule has 3 aromatic rings. The lowest BCUT2D eigenvalue weighted by Crippen LogP contribution is -2.22. The van der Waals surface area contributed by atoms with E-state index in [1.165, 1.54) is 0 Å². The van der Waals surface area contributed by atoms with Gasteiger partial charge in [-0.15, -0.1) is 0 Å². The van der Waals surface area contributed by atoms with E-state index in [1.807, 2.05) is 62.4 Å². The van der Waals surface area contributed by atoms with Crippen molar-refractivity contribution in [2.45, 2.75) is 32.3 Å². The van der Waals surface area contributed by atoms with Gasteiger partial charge in [-0.1, -0.05) is 35.6 Å². The zero-order valence-corrected chi connectivity index (χ0v) is 17.4. The van der Waals surface area contributed by atoms with Crippen molar-refractivity contribution in [1.82, 2.24) is 4.98 Å². The van der Waals surface area contributed by atoms with Crippen LogP contribution in [0.25, 0.3) is 0 Å². The molecular formula is C22H23N3O3S. The summed E-state index contributed by atoms with van der Waals surface area (Å²) in [6.45, 7) is 3.95. The van der Waals surface area contributed by atoms with Gasteiger partial charge in [0.15, 0.2) is 16.6 Å². The van der Waals surface area contributed by atoms with Crippen LogP contribution in [0.15, 0.2) is 48.5 Å². The number of hydrogen-bond acceptors (Lipinski definition) is 6. The molecule has 2 N–H and O–H groups in total. The van der Waals surface area contributed by atoms with Crippen LogP contribution in [-0.4, -0.2) is 24.1 Å². The number of fused-ring (bicyclic) bond motifs is 1. The van der Waals surface area contributed by atoms with Gasteiger partial charge in [0.05, 0.1) is 18.1 Å². The second-order valence-electron chi connectivity index (χ2n) is 7.10. The molecule has 7 heteroatoms. The molecule has 0 bridgehead atoms. The molecule has 1 aliphatic rings. The Bertz CT molecular complexity index is 1020. The van der Waals surface area contributed by atoms with Gasteiger partial charge in [0.2, 0.25) is 5.91 Å². The lowest BCUT2D eigenvalue weighted by Gasteiger charge is -2.23. The zero-order valence-electron chi connectivity index (χ0n) is 16.6. The van der Waals surface area contributed by atoms with Gasteiger partial charge in [0.1, 0.15) is 5.82 Å². The predicted molar refractivity (Wildman–Crippen MR) is 116 cm³/mol. The summed E-state index contributed by atoms with van der Waals surface area (Å²) < 4.78 is 11.3. The molecule has 150 valence electrons. The van der Waals surface area contributed by atoms with E-state index < -0.39 is 0 Å². The van der Waals surface area contributed by atoms with Crippen LogP contribution in [-0.2, 0) is 4.79 Å². The Labute approximate surface area is 173 Å². The highest BCUT2D eigenvalue weighted by atomic mass is 32.1. The van der Waals surface area contributed by atoms with Gasteiger partial charge in [0.25, 0.3) is 0 Å². The largest absolute Gasteiger partial charge is 0.493 e. The second kappa shape index (κ2) is 8.13. The number of carbonyl (C=O) groups excluding carboxylic acids is 1. The van der Waals surface area contributed by atoms with Gasteiger partial charge in [-0.05, 0) is 43.7 Å². The summed E-state index contributed by atoms with van der Waals surface area (Å²) in [5.41, 5.74) is 1.96. The van der Waals surface area contributed by atoms with Crippen molar-refractivity contribution in [1.29, 1.82) is 0 Å². The van der Waals surface area contributed by atoms with E-state index in [0.717, 1.165) is 21.3 Å². The first-order chi connectivity index (χ1) is 14.0. The second-order valence-corrected chi connectivity index (χ2v) is 8.14. The quantitative estimate of drug-likeness (QED) is 0.589. The fraction of sp³-hybridized carbons (Fsp3) is 0.273. The van der Waals surface area contributed by atoms with E-state index in [4.69, 9.17) is 9.47 Å². The maximum atomic E-state index is 12.3. The van der Waals surface area contributed by atoms with Gasteiger partial charge in [-0.25, -0.2) is 4.98 Å². The van der Waals surface area contributed by atoms with E-state index >= 15 is 0 Å². The number of carbonyl (C=O) groups is 1. The molecule has 2 heterocycles. The Kier molecular flexibility index (Phi) is 5.40. The van der Waals surface area contributed by atoms with Gasteiger partial charge in [0, 0.05) is 18.0 Å². The standard InChI is InChI=1S/C22H23N3O3S/c1-13(2)28-18-11-14(9-10-17(18)27-3)16-12-19(26)24-21-20(16)29-22(25-21)23-15-7-5-4-6-8-15/h4-11,13,16H,12H2,1-3H3,(H,23,25)(H,24,26)/t16-/m0/s1. The molecule has 0 aliphatic carbocycles. The van der Waals surface area contributed by atoms with Crippen molar-refractivity contribution < 1.29 is 14.3 Å². The Morgan fingerprint density at radius 1 is 1.17 bits per heavy atom. The number of rotatable bonds is 6. The number of hydrogen-bond donors (Lipinski definition) is 2. The van der Waals surface area contributed by atoms with Crippen molar-refractivity contribution in [2.24, 2.45) is 0 Å². The van der Waals surface area contributed by atoms with Crippen LogP contribution >= 0.6 is 11.3 Å². The van der Waals surface area contributed by atoms with E-state index in [0.29, 0.717) is 23.7 Å². The predicted octanol–water partition coefficient (Wildman–Crippen LogP) is 5.16. The fourth-order valence-electron chi connectivity index (χ4n) is 3.34. The molecule has 4 rings (SSSR count). The molecule has 0 fully saturated rings. The highest BCUT2D eigenvalue weighted by molar-refractivity contribution is 7.16. The van der Waals surface area contributed by atoms with Crippen molar-refractivity contribution in [2.75, 3.05) is 17.7 Å². The van der Waals surface area contributed by atoms with E-state index in [9.17, 15) is 4.79 Å². The monoisotopic (exact) mass is 409 g/mol. The van der Waals surface area contributed by atoms with Crippen LogP contribution in [0.3, 0.4) is 0 Å². The van der Waals surface area contributed by atoms with Crippen LogP contribution in [0.2, 0.25) is 0 Å². The summed E-state index contributed by atoms with van der Waals surface area (Å²) in [5, 5.41) is 6.97. The topological polar surface area (TPSA) is 72.5 Å². The molecule has 0 saturated heterocycles. The van der Waals surface area contributed by atoms with Crippen molar-refractivity contribution in [3.05, 3.63) is 59.0 Å². The average Bonchev–Trinajstić information content (AvgIpc) is 3.09. The SMILES string of the molecule is COc1ccc([C@@H]2CC(=O)Nc3nc(Nc4ccccc4)sc32)cc1OC(C)C. The lowest BCUT2D eigenvalue weighted by molar-refractivity contribution is -0.116. The number of methoxy groups -OCH3 is 1. The summed E-state index contributed by atoms with van der Waals surface area (Å²) in [4.78, 5) is 18.0. The minimum Gasteiger partial charge on any atom is -0.493 e. The lowest BCUT2D eigenvalue weighted by atomic mass is 9.91. The number of benzene rings is 2. The molecule has 1 aromatic heterocycles. The smallest absolute Gasteiger partial charge is 0.226 e. The molecule has 2 aromatic carbocycles. The molecule has 0 radical (unpaired) electrons. The molecule has 6 nitrogen and oxygen atoms in total. The summed E-state index contributed by atoms with van der Waals surface area (Å²) in [5.74, 6) is 1.86. The highest BCUT2D eigenvalue weighted by Gasteiger charge is 2.31. The molecule has 0 saturated carbocycles. The van der Waals surface area contributed by atoms with Crippen LogP contribution in [0, 0.1) is 0 Å². The van der Waals surface area contributed by atoms with Crippen molar-refractivity contribution >= 4 is 33.9 Å². The van der Waals surface area contributed by atoms with Crippen LogP contribution in [0.1, 0.15) is 36.6 Å². The van der Waals surface area contributed by atoms with Crippen LogP contribution < -0.4 is 20.1 Å². The maximum Gasteiger partial charge on any atom is 0.226 e. The Balaban J connectivity index is 1.68. The summed E-state index contributed by atoms with van der Waals surface area (Å²) in [6.07, 6.45) is 0.391. The Morgan fingerprint density at radius 3 is 2.69 bits per heavy atom. The molecule has 29 heavy (non-hydrogen) atoms. The number of aromatic nitrogens is 1. The summed E-state index contributed by atoms with van der Waals surface area (Å²) in [7, 11) is 1.62. The minimum atomic E-state index is -0.0806. The molecule has 0 unspecified atom stereocenters. The first kappa shape index (κ1) is 19.3. The average molecular weight is 410 g/mol. The van der Waals surface area contributed by atoms with Crippen molar-refractivity contribution in [3.63, 3.8) is 0 Å². The number of thiazole rings is 1. The molecule has 0 spiro atoms. The Morgan fingerprint density at radius 2 is 1.97 bits per heavy atom. The van der Waals surface area contributed by atoms with Gasteiger partial charge < -0.3 is 20.1 Å². The van der Waals surface area contributed by atoms with Gasteiger partial charge in [-0.2, -0.15) is 0 Å². The van der Waals surface area contributed by atoms with Gasteiger partial charge in [-0.3, -0.25) is 4.79 Å². The van der Waals surface area contributed by atoms with Gasteiger partial charge >= 0.3 is 0 Å². The highest BCUT2D eigenvalue weighted by Crippen LogP contribution is 2.44. The van der Waals surface area contributed by atoms with Crippen molar-refractivity contribution in [3.8, 4) is 11.5 Å². The number of ether oxygens (including phenoxy) is 2. The molecule has 1 aliphatic heterocycles. The molecule has 1 atom stereocenters. The number of nitrogens with zero attached hydrogens (tertiary/aromatic N) is 1. The molecule has 1 amide bonds. The van der Waals surface area contributed by atoms with Crippen LogP contribution in [0.5, 0.6) is 11.5 Å². The van der Waals surface area contributed by atoms with Crippen LogP contribution in [0.4, 0.5) is 16.6 Å². The third-order valence-corrected chi connectivity index (χ3v) is 5.68. The first-order valence-corrected chi connectivity index (χ1v) is 10.3. The number of nitrogens with one attached hydrogen (secondary N) is 2. The summed E-state index contributed by atoms with van der Waals surface area (Å²) in [6, 6.07) is 15.7. The first-order valence-electron chi connectivity index (χ1n) is 9.50. The fourth-order valence-corrected chi connectivity index (χ4v) is 4.41. The normalized spacial score (nSPS) is 15.6. The third-order valence-electron chi connectivity index (χ3n) is 4.59. The zero-order chi connectivity index (χ0) is 20.4. The third kappa shape index (κ3) is 4.19. The molecular weight excluding hydrogens is 386 g/mol. The summed E-state index contributed by atoms with van der Waals surface area (Å²) >= 11 is 1.56. The van der Waals surface area contributed by atoms with E-state index in [-0.39, 0.29) is 17.9 Å². The Hall–Kier alpha value is -3.06. The van der Waals surface area contributed by atoms with E-state index in [1.54, 1.807) is 18.4 Å². The maximum absolute atomic E-state index is 12.3. The number of amides is 1. The van der Waals surface area contributed by atoms with E-state index in [2.05, 4.69) is 15.6 Å². The number of para-hydroxylation sites is 1. The number of anilines is 3.